The normalized spacial score (nSPS) is 12.2. The quantitative estimate of drug-likeness (QED) is 0.586. The van der Waals surface area contributed by atoms with Crippen molar-refractivity contribution < 1.29 is 14.7 Å². The van der Waals surface area contributed by atoms with Crippen molar-refractivity contribution in [2.24, 2.45) is 5.41 Å². The average Bonchev–Trinajstić information content (AvgIpc) is 2.68. The van der Waals surface area contributed by atoms with Crippen LogP contribution < -0.4 is 10.6 Å². The fourth-order valence-electron chi connectivity index (χ4n) is 2.54. The Balaban J connectivity index is 1.88. The molecule has 3 amide bonds. The molecule has 0 aromatic heterocycles. The highest BCUT2D eigenvalue weighted by Crippen LogP contribution is 2.26. The van der Waals surface area contributed by atoms with Gasteiger partial charge in [0.15, 0.2) is 0 Å². The Labute approximate surface area is 187 Å². The van der Waals surface area contributed by atoms with Crippen LogP contribution in [-0.4, -0.2) is 35.5 Å². The van der Waals surface area contributed by atoms with E-state index in [4.69, 9.17) is 23.2 Å². The highest BCUT2D eigenvalue weighted by molar-refractivity contribution is 6.42. The number of likely N-dealkylation sites (N-methyl/N-ethyl adjacent to an activating group) is 1. The first kappa shape index (κ1) is 24.0. The Kier molecular flexibility index (Phi) is 8.12. The van der Waals surface area contributed by atoms with Crippen LogP contribution in [-0.2, 0) is 11.3 Å². The molecule has 0 heterocycles. The molecule has 8 heteroatoms. The molecule has 0 saturated heterocycles. The van der Waals surface area contributed by atoms with Gasteiger partial charge in [-0.2, -0.15) is 0 Å². The number of nitrogens with one attached hydrogen (secondary N) is 2. The van der Waals surface area contributed by atoms with E-state index in [9.17, 15) is 14.7 Å². The molecule has 0 unspecified atom stereocenters. The van der Waals surface area contributed by atoms with Gasteiger partial charge in [-0.15, -0.1) is 0 Å². The van der Waals surface area contributed by atoms with Crippen molar-refractivity contribution in [3.8, 4) is 0 Å². The van der Waals surface area contributed by atoms with Crippen LogP contribution >= 0.6 is 23.2 Å². The van der Waals surface area contributed by atoms with Crippen LogP contribution in [0.4, 0.5) is 10.5 Å². The highest BCUT2D eigenvalue weighted by Gasteiger charge is 2.20. The zero-order valence-corrected chi connectivity index (χ0v) is 19.0. The average molecular weight is 452 g/mol. The lowest BCUT2D eigenvalue weighted by molar-refractivity contribution is -0.128. The topological polar surface area (TPSA) is 81.7 Å². The monoisotopic (exact) mass is 451 g/mol. The van der Waals surface area contributed by atoms with Crippen molar-refractivity contribution in [2.45, 2.75) is 33.4 Å². The number of benzene rings is 2. The Morgan fingerprint density at radius 2 is 1.70 bits per heavy atom. The van der Waals surface area contributed by atoms with Gasteiger partial charge in [-0.05, 0) is 35.4 Å². The van der Waals surface area contributed by atoms with Crippen molar-refractivity contribution >= 4 is 40.8 Å². The Morgan fingerprint density at radius 3 is 2.27 bits per heavy atom. The van der Waals surface area contributed by atoms with E-state index in [1.54, 1.807) is 37.4 Å². The molecule has 0 aliphatic carbocycles. The fourth-order valence-corrected chi connectivity index (χ4v) is 2.85. The Hall–Kier alpha value is -2.28. The summed E-state index contributed by atoms with van der Waals surface area (Å²) in [6.45, 7) is 6.07. The van der Waals surface area contributed by atoms with Crippen LogP contribution in [0.3, 0.4) is 0 Å². The summed E-state index contributed by atoms with van der Waals surface area (Å²) in [5, 5.41) is 16.8. The summed E-state index contributed by atoms with van der Waals surface area (Å²) in [5.74, 6) is -0.0259. The number of carbonyl (C=O) groups excluding carboxylic acids is 2. The van der Waals surface area contributed by atoms with E-state index < -0.39 is 11.5 Å². The van der Waals surface area contributed by atoms with Gasteiger partial charge in [0.1, 0.15) is 0 Å². The number of carbonyl (C=O) groups is 2. The van der Waals surface area contributed by atoms with Crippen LogP contribution in [0.2, 0.25) is 10.0 Å². The van der Waals surface area contributed by atoms with Gasteiger partial charge in [0.25, 0.3) is 0 Å². The highest BCUT2D eigenvalue weighted by atomic mass is 35.5. The number of hydrogen-bond acceptors (Lipinski definition) is 3. The second kappa shape index (κ2) is 10.2. The van der Waals surface area contributed by atoms with Crippen molar-refractivity contribution in [2.75, 3.05) is 18.9 Å². The third-order valence-electron chi connectivity index (χ3n) is 4.46. The third-order valence-corrected chi connectivity index (χ3v) is 5.20. The molecule has 2 rings (SSSR count). The molecule has 0 bridgehead atoms. The first-order chi connectivity index (χ1) is 14.0. The number of amides is 3. The van der Waals surface area contributed by atoms with Gasteiger partial charge >= 0.3 is 6.03 Å². The standard InChI is InChI=1S/C22H27Cl2N3O3/c1-22(2,3)20(29)25-12-14-5-8-16(9-6-14)26-21(30)27(4)13-19(28)15-7-10-17(23)18(24)11-15/h5-11,19,28H,12-13H2,1-4H3,(H,25,29)(H,26,30)/t19-/m1/s1. The predicted molar refractivity (Wildman–Crippen MR) is 121 cm³/mol. The number of halogens is 2. The van der Waals surface area contributed by atoms with Crippen molar-refractivity contribution in [1.82, 2.24) is 10.2 Å². The number of aliphatic hydroxyl groups is 1. The fraction of sp³-hybridized carbons (Fsp3) is 0.364. The van der Waals surface area contributed by atoms with Crippen LogP contribution in [0.5, 0.6) is 0 Å². The van der Waals surface area contributed by atoms with Gasteiger partial charge in [-0.1, -0.05) is 62.2 Å². The van der Waals surface area contributed by atoms with E-state index in [0.717, 1.165) is 5.56 Å². The van der Waals surface area contributed by atoms with Gasteiger partial charge in [0.05, 0.1) is 22.7 Å². The molecule has 6 nitrogen and oxygen atoms in total. The minimum absolute atomic E-state index is 0.0259. The zero-order chi connectivity index (χ0) is 22.5. The maximum atomic E-state index is 12.4. The van der Waals surface area contributed by atoms with Crippen LogP contribution in [0.15, 0.2) is 42.5 Å². The summed E-state index contributed by atoms with van der Waals surface area (Å²) < 4.78 is 0. The summed E-state index contributed by atoms with van der Waals surface area (Å²) in [6, 6.07) is 11.7. The van der Waals surface area contributed by atoms with E-state index in [2.05, 4.69) is 10.6 Å². The summed E-state index contributed by atoms with van der Waals surface area (Å²) >= 11 is 11.9. The summed E-state index contributed by atoms with van der Waals surface area (Å²) in [7, 11) is 1.59. The molecule has 0 fully saturated rings. The first-order valence-electron chi connectivity index (χ1n) is 9.49. The van der Waals surface area contributed by atoms with Crippen molar-refractivity contribution in [1.29, 1.82) is 0 Å². The van der Waals surface area contributed by atoms with Crippen LogP contribution in [0.25, 0.3) is 0 Å². The molecule has 30 heavy (non-hydrogen) atoms. The van der Waals surface area contributed by atoms with E-state index in [0.29, 0.717) is 27.8 Å². The molecule has 0 aliphatic rings. The number of urea groups is 1. The molecule has 2 aromatic carbocycles. The van der Waals surface area contributed by atoms with Crippen molar-refractivity contribution in [3.63, 3.8) is 0 Å². The SMILES string of the molecule is CN(C[C@@H](O)c1ccc(Cl)c(Cl)c1)C(=O)Nc1ccc(CNC(=O)C(C)(C)C)cc1. The van der Waals surface area contributed by atoms with Gasteiger partial charge in [-0.25, -0.2) is 4.79 Å². The number of anilines is 1. The predicted octanol–water partition coefficient (Wildman–Crippen LogP) is 4.85. The van der Waals surface area contributed by atoms with E-state index >= 15 is 0 Å². The molecular weight excluding hydrogens is 425 g/mol. The minimum Gasteiger partial charge on any atom is -0.387 e. The number of aliphatic hydroxyl groups excluding tert-OH is 1. The zero-order valence-electron chi connectivity index (χ0n) is 17.5. The molecule has 2 aromatic rings. The molecule has 0 saturated carbocycles. The first-order valence-corrected chi connectivity index (χ1v) is 10.3. The van der Waals surface area contributed by atoms with Gasteiger partial charge in [0, 0.05) is 24.7 Å². The van der Waals surface area contributed by atoms with Crippen LogP contribution in [0, 0.1) is 5.41 Å². The lowest BCUT2D eigenvalue weighted by Gasteiger charge is -2.22. The molecule has 0 aliphatic heterocycles. The summed E-state index contributed by atoms with van der Waals surface area (Å²) in [5.41, 5.74) is 1.67. The van der Waals surface area contributed by atoms with Gasteiger partial charge in [-0.3, -0.25) is 4.79 Å². The summed E-state index contributed by atoms with van der Waals surface area (Å²) in [4.78, 5) is 25.7. The molecule has 0 spiro atoms. The second-order valence-corrected chi connectivity index (χ2v) is 8.94. The van der Waals surface area contributed by atoms with E-state index in [1.807, 2.05) is 32.9 Å². The number of hydrogen-bond donors (Lipinski definition) is 3. The lowest BCUT2D eigenvalue weighted by Crippen LogP contribution is -2.35. The van der Waals surface area contributed by atoms with E-state index in [-0.39, 0.29) is 18.5 Å². The minimum atomic E-state index is -0.899. The molecule has 162 valence electrons. The number of rotatable bonds is 6. The maximum Gasteiger partial charge on any atom is 0.321 e. The second-order valence-electron chi connectivity index (χ2n) is 8.13. The largest absolute Gasteiger partial charge is 0.387 e. The lowest BCUT2D eigenvalue weighted by atomic mass is 9.95. The molecular formula is C22H27Cl2N3O3. The smallest absolute Gasteiger partial charge is 0.321 e. The van der Waals surface area contributed by atoms with E-state index in [1.165, 1.54) is 4.90 Å². The van der Waals surface area contributed by atoms with Crippen LogP contribution in [0.1, 0.15) is 38.0 Å². The van der Waals surface area contributed by atoms with Gasteiger partial charge < -0.3 is 20.6 Å². The Bertz CT molecular complexity index is 895. The summed E-state index contributed by atoms with van der Waals surface area (Å²) in [6.07, 6.45) is -0.899. The number of nitrogens with zero attached hydrogens (tertiary/aromatic N) is 1. The maximum absolute atomic E-state index is 12.4. The third kappa shape index (κ3) is 6.90. The van der Waals surface area contributed by atoms with Gasteiger partial charge in [0.2, 0.25) is 5.91 Å². The van der Waals surface area contributed by atoms with Crippen molar-refractivity contribution in [3.05, 3.63) is 63.6 Å². The molecule has 0 radical (unpaired) electrons. The molecule has 1 atom stereocenters. The molecule has 3 N–H and O–H groups in total. The Morgan fingerprint density at radius 1 is 1.07 bits per heavy atom.